The number of aliphatic hydroxyl groups is 1. The monoisotopic (exact) mass is 381 g/mol. The smallest absolute Gasteiger partial charge is 0.270 e. The molecular formula is C16H20ClN5O2S. The minimum absolute atomic E-state index is 0. The van der Waals surface area contributed by atoms with Crippen LogP contribution in [-0.2, 0) is 13.0 Å². The zero-order chi connectivity index (χ0) is 16.9. The second-order valence-corrected chi connectivity index (χ2v) is 6.07. The summed E-state index contributed by atoms with van der Waals surface area (Å²) >= 11 is 5.73. The SMILES string of the molecule is O=C(NC[C@H](O)CN1CCc2cccnc2C1)c1cc(Cl)ncn1.S. The Balaban J connectivity index is 0.00000225. The Labute approximate surface area is 157 Å². The van der Waals surface area contributed by atoms with Crippen molar-refractivity contribution in [2.75, 3.05) is 19.6 Å². The van der Waals surface area contributed by atoms with E-state index in [1.807, 2.05) is 6.07 Å². The van der Waals surface area contributed by atoms with E-state index < -0.39 is 6.10 Å². The second kappa shape index (κ2) is 9.10. The number of β-amino-alcohol motifs (C(OH)–C–C–N with tert-alkyl or cyclic N) is 1. The number of hydrogen-bond donors (Lipinski definition) is 2. The van der Waals surface area contributed by atoms with Crippen molar-refractivity contribution in [1.29, 1.82) is 0 Å². The molecule has 0 saturated carbocycles. The zero-order valence-electron chi connectivity index (χ0n) is 13.5. The van der Waals surface area contributed by atoms with Crippen LogP contribution in [0.15, 0.2) is 30.7 Å². The molecule has 2 N–H and O–H groups in total. The van der Waals surface area contributed by atoms with Crippen molar-refractivity contribution in [3.05, 3.63) is 52.8 Å². The molecule has 1 amide bonds. The molecule has 0 aliphatic carbocycles. The summed E-state index contributed by atoms with van der Waals surface area (Å²) < 4.78 is 0. The number of fused-ring (bicyclic) bond motifs is 1. The molecule has 3 rings (SSSR count). The highest BCUT2D eigenvalue weighted by atomic mass is 35.5. The van der Waals surface area contributed by atoms with Crippen LogP contribution in [0.4, 0.5) is 0 Å². The summed E-state index contributed by atoms with van der Waals surface area (Å²) in [5.74, 6) is -0.385. The lowest BCUT2D eigenvalue weighted by atomic mass is 10.1. The molecule has 0 saturated heterocycles. The van der Waals surface area contributed by atoms with Crippen molar-refractivity contribution in [1.82, 2.24) is 25.2 Å². The largest absolute Gasteiger partial charge is 0.390 e. The Bertz CT molecular complexity index is 733. The predicted molar refractivity (Wildman–Crippen MR) is 99.0 cm³/mol. The van der Waals surface area contributed by atoms with Gasteiger partial charge in [0.15, 0.2) is 0 Å². The van der Waals surface area contributed by atoms with Gasteiger partial charge in [0.05, 0.1) is 11.8 Å². The molecule has 9 heteroatoms. The molecular weight excluding hydrogens is 362 g/mol. The summed E-state index contributed by atoms with van der Waals surface area (Å²) in [6.07, 6.45) is 3.26. The van der Waals surface area contributed by atoms with E-state index in [4.69, 9.17) is 11.6 Å². The molecule has 0 bridgehead atoms. The van der Waals surface area contributed by atoms with Gasteiger partial charge in [-0.05, 0) is 18.1 Å². The molecule has 0 radical (unpaired) electrons. The van der Waals surface area contributed by atoms with Crippen LogP contribution in [0.5, 0.6) is 0 Å². The van der Waals surface area contributed by atoms with Crippen molar-refractivity contribution < 1.29 is 9.90 Å². The Morgan fingerprint density at radius 2 is 2.24 bits per heavy atom. The van der Waals surface area contributed by atoms with Crippen molar-refractivity contribution in [2.45, 2.75) is 19.1 Å². The van der Waals surface area contributed by atoms with Gasteiger partial charge in [0.25, 0.3) is 5.91 Å². The number of halogens is 1. The number of nitrogens with one attached hydrogen (secondary N) is 1. The number of nitrogens with zero attached hydrogens (tertiary/aromatic N) is 4. The van der Waals surface area contributed by atoms with E-state index in [9.17, 15) is 9.90 Å². The first-order valence-electron chi connectivity index (χ1n) is 7.71. The summed E-state index contributed by atoms with van der Waals surface area (Å²) in [6.45, 7) is 2.20. The van der Waals surface area contributed by atoms with Crippen LogP contribution in [0.1, 0.15) is 21.7 Å². The lowest BCUT2D eigenvalue weighted by Gasteiger charge is -2.29. The van der Waals surface area contributed by atoms with E-state index in [-0.39, 0.29) is 36.8 Å². The molecule has 0 spiro atoms. The van der Waals surface area contributed by atoms with Crippen LogP contribution < -0.4 is 5.32 Å². The molecule has 0 unspecified atom stereocenters. The summed E-state index contributed by atoms with van der Waals surface area (Å²) in [5.41, 5.74) is 2.49. The van der Waals surface area contributed by atoms with E-state index in [2.05, 4.69) is 31.2 Å². The molecule has 25 heavy (non-hydrogen) atoms. The van der Waals surface area contributed by atoms with Gasteiger partial charge in [0.2, 0.25) is 0 Å². The molecule has 0 aromatic carbocycles. The van der Waals surface area contributed by atoms with Crippen molar-refractivity contribution >= 4 is 31.0 Å². The van der Waals surface area contributed by atoms with Gasteiger partial charge in [0, 0.05) is 38.4 Å². The third-order valence-electron chi connectivity index (χ3n) is 3.89. The van der Waals surface area contributed by atoms with Crippen molar-refractivity contribution in [3.63, 3.8) is 0 Å². The van der Waals surface area contributed by atoms with Gasteiger partial charge >= 0.3 is 0 Å². The summed E-state index contributed by atoms with van der Waals surface area (Å²) in [6, 6.07) is 5.41. The fraction of sp³-hybridized carbons (Fsp3) is 0.375. The zero-order valence-corrected chi connectivity index (χ0v) is 15.3. The van der Waals surface area contributed by atoms with Gasteiger partial charge < -0.3 is 10.4 Å². The standard InChI is InChI=1S/C16H18ClN5O2.H2S/c17-15-6-13(20-10-21-15)16(24)19-7-12(23)8-22-5-3-11-2-1-4-18-14(11)9-22;/h1-2,4,6,10,12,23H,3,5,7-9H2,(H,19,24);1H2/t12-;/m0./s1. The Kier molecular flexibility index (Phi) is 7.12. The average Bonchev–Trinajstić information content (AvgIpc) is 2.59. The second-order valence-electron chi connectivity index (χ2n) is 5.68. The number of aliphatic hydroxyl groups excluding tert-OH is 1. The van der Waals surface area contributed by atoms with Gasteiger partial charge in [-0.25, -0.2) is 9.97 Å². The van der Waals surface area contributed by atoms with Crippen LogP contribution >= 0.6 is 25.1 Å². The maximum Gasteiger partial charge on any atom is 0.270 e. The van der Waals surface area contributed by atoms with Gasteiger partial charge in [-0.2, -0.15) is 13.5 Å². The lowest BCUT2D eigenvalue weighted by Crippen LogP contribution is -2.42. The van der Waals surface area contributed by atoms with Crippen LogP contribution in [0.3, 0.4) is 0 Å². The van der Waals surface area contributed by atoms with Gasteiger partial charge in [-0.3, -0.25) is 14.7 Å². The number of aromatic nitrogens is 3. The topological polar surface area (TPSA) is 91.2 Å². The van der Waals surface area contributed by atoms with Gasteiger partial charge in [0.1, 0.15) is 17.2 Å². The maximum absolute atomic E-state index is 12.0. The molecule has 7 nitrogen and oxygen atoms in total. The summed E-state index contributed by atoms with van der Waals surface area (Å²) in [7, 11) is 0. The van der Waals surface area contributed by atoms with Crippen molar-refractivity contribution in [3.8, 4) is 0 Å². The molecule has 1 aliphatic heterocycles. The molecule has 2 aromatic heterocycles. The van der Waals surface area contributed by atoms with E-state index in [0.29, 0.717) is 13.1 Å². The highest BCUT2D eigenvalue weighted by Crippen LogP contribution is 2.16. The lowest BCUT2D eigenvalue weighted by molar-refractivity contribution is 0.0835. The van der Waals surface area contributed by atoms with Crippen molar-refractivity contribution in [2.24, 2.45) is 0 Å². The maximum atomic E-state index is 12.0. The minimum atomic E-state index is -0.670. The average molecular weight is 382 g/mol. The number of carbonyl (C=O) groups is 1. The van der Waals surface area contributed by atoms with Crippen LogP contribution in [0, 0.1) is 0 Å². The van der Waals surface area contributed by atoms with Crippen LogP contribution in [-0.4, -0.2) is 56.6 Å². The quantitative estimate of drug-likeness (QED) is 0.744. The van der Waals surface area contributed by atoms with Gasteiger partial charge in [-0.15, -0.1) is 0 Å². The molecule has 3 heterocycles. The van der Waals surface area contributed by atoms with Crippen LogP contribution in [0.2, 0.25) is 5.15 Å². The third-order valence-corrected chi connectivity index (χ3v) is 4.10. The summed E-state index contributed by atoms with van der Waals surface area (Å²) in [5, 5.41) is 13.0. The Morgan fingerprint density at radius 3 is 3.04 bits per heavy atom. The fourth-order valence-electron chi connectivity index (χ4n) is 2.69. The van der Waals surface area contributed by atoms with E-state index in [1.165, 1.54) is 18.0 Å². The predicted octanol–water partition coefficient (Wildman–Crippen LogP) is 0.787. The number of hydrogen-bond acceptors (Lipinski definition) is 6. The third kappa shape index (κ3) is 5.37. The van der Waals surface area contributed by atoms with E-state index >= 15 is 0 Å². The highest BCUT2D eigenvalue weighted by molar-refractivity contribution is 7.59. The molecule has 1 aliphatic rings. The number of pyridine rings is 1. The Hall–Kier alpha value is -1.74. The van der Waals surface area contributed by atoms with E-state index in [0.717, 1.165) is 18.7 Å². The number of carbonyl (C=O) groups excluding carboxylic acids is 1. The minimum Gasteiger partial charge on any atom is -0.390 e. The van der Waals surface area contributed by atoms with E-state index in [1.54, 1.807) is 6.20 Å². The first kappa shape index (κ1) is 19.6. The molecule has 2 aromatic rings. The molecule has 1 atom stereocenters. The molecule has 134 valence electrons. The first-order valence-corrected chi connectivity index (χ1v) is 8.08. The van der Waals surface area contributed by atoms with Crippen LogP contribution in [0.25, 0.3) is 0 Å². The summed E-state index contributed by atoms with van der Waals surface area (Å²) in [4.78, 5) is 26.1. The first-order chi connectivity index (χ1) is 11.6. The number of amides is 1. The Morgan fingerprint density at radius 1 is 1.40 bits per heavy atom. The number of rotatable bonds is 5. The normalized spacial score (nSPS) is 15.0. The van der Waals surface area contributed by atoms with Gasteiger partial charge in [-0.1, -0.05) is 17.7 Å². The fourth-order valence-corrected chi connectivity index (χ4v) is 2.83. The highest BCUT2D eigenvalue weighted by Gasteiger charge is 2.20. The molecule has 0 fully saturated rings.